The third-order valence-corrected chi connectivity index (χ3v) is 6.82. The van der Waals surface area contributed by atoms with Gasteiger partial charge in [-0.25, -0.2) is 4.98 Å². The van der Waals surface area contributed by atoms with Gasteiger partial charge in [0.25, 0.3) is 5.91 Å². The fraction of sp³-hybridized carbons (Fsp3) is 0.714. The Kier molecular flexibility index (Phi) is 4.31. The van der Waals surface area contributed by atoms with Gasteiger partial charge in [0.1, 0.15) is 10.7 Å². The molecule has 2 fully saturated rings. The monoisotopic (exact) mass is 326 g/mol. The van der Waals surface area contributed by atoms with E-state index in [1.807, 2.05) is 11.8 Å². The van der Waals surface area contributed by atoms with Crippen LogP contribution in [0.2, 0.25) is 0 Å². The first kappa shape index (κ1) is 15.0. The second-order valence-corrected chi connectivity index (χ2v) is 8.65. The van der Waals surface area contributed by atoms with Crippen LogP contribution in [0, 0.1) is 0 Å². The molecule has 1 aromatic heterocycles. The molecule has 2 aliphatic heterocycles. The fourth-order valence-electron chi connectivity index (χ4n) is 2.85. The minimum absolute atomic E-state index is 0.0795. The quantitative estimate of drug-likeness (QED) is 0.888. The van der Waals surface area contributed by atoms with Crippen molar-refractivity contribution < 1.29 is 4.79 Å². The number of carbonyl (C=O) groups is 1. The van der Waals surface area contributed by atoms with Crippen LogP contribution in [0.1, 0.15) is 42.3 Å². The Morgan fingerprint density at radius 2 is 2.19 bits per heavy atom. The minimum Gasteiger partial charge on any atom is -0.382 e. The van der Waals surface area contributed by atoms with Gasteiger partial charge in [0.15, 0.2) is 5.13 Å². The summed E-state index contributed by atoms with van der Waals surface area (Å²) in [7, 11) is 0. The summed E-state index contributed by atoms with van der Waals surface area (Å²) in [6, 6.07) is 0. The van der Waals surface area contributed by atoms with E-state index in [0.29, 0.717) is 17.2 Å². The molecular formula is C14H22N4OS2. The highest BCUT2D eigenvalue weighted by Crippen LogP contribution is 2.37. The molecule has 0 aromatic carbocycles. The Balaban J connectivity index is 1.64. The number of amides is 1. The highest BCUT2D eigenvalue weighted by atomic mass is 32.2. The lowest BCUT2D eigenvalue weighted by Gasteiger charge is -2.22. The van der Waals surface area contributed by atoms with Crippen LogP contribution in [-0.2, 0) is 0 Å². The Morgan fingerprint density at radius 3 is 2.86 bits per heavy atom. The van der Waals surface area contributed by atoms with Crippen LogP contribution in [0.25, 0.3) is 0 Å². The molecule has 3 rings (SSSR count). The third-order valence-electron chi connectivity index (χ3n) is 4.15. The molecule has 0 aliphatic carbocycles. The molecule has 2 saturated heterocycles. The summed E-state index contributed by atoms with van der Waals surface area (Å²) in [5.41, 5.74) is 5.93. The molecule has 5 nitrogen and oxygen atoms in total. The van der Waals surface area contributed by atoms with E-state index in [-0.39, 0.29) is 10.7 Å². The number of hydrogen-bond acceptors (Lipinski definition) is 6. The van der Waals surface area contributed by atoms with Gasteiger partial charge < -0.3 is 16.0 Å². The van der Waals surface area contributed by atoms with Gasteiger partial charge in [0, 0.05) is 24.4 Å². The van der Waals surface area contributed by atoms with Crippen LogP contribution in [0.4, 0.5) is 10.9 Å². The van der Waals surface area contributed by atoms with Crippen molar-refractivity contribution in [3.05, 3.63) is 4.88 Å². The summed E-state index contributed by atoms with van der Waals surface area (Å²) < 4.78 is 0.174. The Morgan fingerprint density at radius 1 is 1.43 bits per heavy atom. The smallest absolute Gasteiger partial charge is 0.265 e. The molecule has 3 N–H and O–H groups in total. The summed E-state index contributed by atoms with van der Waals surface area (Å²) in [5.74, 6) is 1.47. The minimum atomic E-state index is -0.0795. The Bertz CT molecular complexity index is 519. The van der Waals surface area contributed by atoms with Crippen LogP contribution >= 0.6 is 23.1 Å². The maximum absolute atomic E-state index is 12.3. The molecule has 0 radical (unpaired) electrons. The lowest BCUT2D eigenvalue weighted by atomic mass is 10.1. The van der Waals surface area contributed by atoms with Gasteiger partial charge >= 0.3 is 0 Å². The molecule has 0 bridgehead atoms. The van der Waals surface area contributed by atoms with Crippen LogP contribution in [0.15, 0.2) is 0 Å². The van der Waals surface area contributed by atoms with E-state index in [2.05, 4.69) is 22.1 Å². The first-order chi connectivity index (χ1) is 10.1. The number of anilines is 2. The number of rotatable bonds is 4. The van der Waals surface area contributed by atoms with Crippen molar-refractivity contribution in [2.45, 2.75) is 37.4 Å². The van der Waals surface area contributed by atoms with Crippen molar-refractivity contribution in [1.82, 2.24) is 10.3 Å². The van der Waals surface area contributed by atoms with Gasteiger partial charge in [0.2, 0.25) is 0 Å². The fourth-order valence-corrected chi connectivity index (χ4v) is 5.05. The van der Waals surface area contributed by atoms with Crippen LogP contribution in [0.5, 0.6) is 0 Å². The lowest BCUT2D eigenvalue weighted by Crippen LogP contribution is -2.36. The van der Waals surface area contributed by atoms with Crippen LogP contribution < -0.4 is 16.0 Å². The highest BCUT2D eigenvalue weighted by Gasteiger charge is 2.30. The second kappa shape index (κ2) is 6.04. The van der Waals surface area contributed by atoms with Crippen molar-refractivity contribution in [2.24, 2.45) is 0 Å². The molecule has 1 unspecified atom stereocenters. The molecule has 0 saturated carbocycles. The summed E-state index contributed by atoms with van der Waals surface area (Å²) in [4.78, 5) is 19.5. The standard InChI is InChI=1S/C14H22N4OS2/c1-14(5-4-8-20-14)9-16-12(19)10-11(15)17-13(21-10)18-6-2-3-7-18/h2-9,15H2,1H3,(H,16,19). The summed E-state index contributed by atoms with van der Waals surface area (Å²) in [6.07, 6.45) is 4.78. The van der Waals surface area contributed by atoms with Crippen molar-refractivity contribution in [3.63, 3.8) is 0 Å². The number of nitrogens with one attached hydrogen (secondary N) is 1. The van der Waals surface area contributed by atoms with Crippen LogP contribution in [-0.4, -0.2) is 41.0 Å². The average molecular weight is 326 g/mol. The van der Waals surface area contributed by atoms with Gasteiger partial charge in [-0.1, -0.05) is 11.3 Å². The Hall–Kier alpha value is -0.950. The summed E-state index contributed by atoms with van der Waals surface area (Å²) in [5, 5.41) is 3.92. The molecule has 1 atom stereocenters. The SMILES string of the molecule is CC1(CNC(=O)c2sc(N3CCCC3)nc2N)CCCS1. The molecule has 3 heterocycles. The summed E-state index contributed by atoms with van der Waals surface area (Å²) >= 11 is 3.36. The zero-order valence-corrected chi connectivity index (χ0v) is 14.0. The predicted octanol–water partition coefficient (Wildman–Crippen LogP) is 2.34. The highest BCUT2D eigenvalue weighted by molar-refractivity contribution is 8.00. The maximum atomic E-state index is 12.3. The van der Waals surface area contributed by atoms with E-state index in [1.54, 1.807) is 0 Å². The van der Waals surface area contributed by atoms with Crippen LogP contribution in [0.3, 0.4) is 0 Å². The van der Waals surface area contributed by atoms with Gasteiger partial charge in [-0.15, -0.1) is 0 Å². The normalized spacial score (nSPS) is 25.5. The first-order valence-electron chi connectivity index (χ1n) is 7.51. The van der Waals surface area contributed by atoms with Gasteiger partial charge in [-0.05, 0) is 38.4 Å². The van der Waals surface area contributed by atoms with Gasteiger partial charge in [-0.2, -0.15) is 11.8 Å². The predicted molar refractivity (Wildman–Crippen MR) is 90.4 cm³/mol. The number of hydrogen-bond donors (Lipinski definition) is 2. The molecule has 21 heavy (non-hydrogen) atoms. The number of nitrogens with zero attached hydrogens (tertiary/aromatic N) is 2. The molecule has 116 valence electrons. The molecule has 1 amide bonds. The zero-order chi connectivity index (χ0) is 14.9. The maximum Gasteiger partial charge on any atom is 0.265 e. The third kappa shape index (κ3) is 3.29. The summed E-state index contributed by atoms with van der Waals surface area (Å²) in [6.45, 7) is 4.95. The molecule has 2 aliphatic rings. The molecule has 1 aromatic rings. The molecule has 7 heteroatoms. The van der Waals surface area contributed by atoms with Crippen molar-refractivity contribution in [3.8, 4) is 0 Å². The van der Waals surface area contributed by atoms with E-state index in [9.17, 15) is 4.79 Å². The number of carbonyl (C=O) groups excluding carboxylic acids is 1. The number of nitrogens with two attached hydrogens (primary N) is 1. The van der Waals surface area contributed by atoms with Crippen molar-refractivity contribution in [1.29, 1.82) is 0 Å². The number of thioether (sulfide) groups is 1. The average Bonchev–Trinajstić information content (AvgIpc) is 3.16. The van der Waals surface area contributed by atoms with E-state index in [0.717, 1.165) is 24.6 Å². The number of aromatic nitrogens is 1. The molecular weight excluding hydrogens is 304 g/mol. The number of nitrogen functional groups attached to an aromatic ring is 1. The van der Waals surface area contributed by atoms with Gasteiger partial charge in [-0.3, -0.25) is 4.79 Å². The largest absolute Gasteiger partial charge is 0.382 e. The van der Waals surface area contributed by atoms with Gasteiger partial charge in [0.05, 0.1) is 0 Å². The van der Waals surface area contributed by atoms with E-state index in [1.165, 1.54) is 36.4 Å². The van der Waals surface area contributed by atoms with E-state index in [4.69, 9.17) is 5.73 Å². The zero-order valence-electron chi connectivity index (χ0n) is 12.4. The number of thiazole rings is 1. The van der Waals surface area contributed by atoms with E-state index >= 15 is 0 Å². The van der Waals surface area contributed by atoms with E-state index < -0.39 is 0 Å². The Labute approximate surface area is 133 Å². The lowest BCUT2D eigenvalue weighted by molar-refractivity contribution is 0.0954. The first-order valence-corrected chi connectivity index (χ1v) is 9.31. The second-order valence-electron chi connectivity index (χ2n) is 5.99. The van der Waals surface area contributed by atoms with Crippen molar-refractivity contribution >= 4 is 40.0 Å². The molecule has 0 spiro atoms. The topological polar surface area (TPSA) is 71.2 Å². The van der Waals surface area contributed by atoms with Crippen molar-refractivity contribution in [2.75, 3.05) is 36.0 Å².